The van der Waals surface area contributed by atoms with E-state index in [9.17, 15) is 0 Å². The second kappa shape index (κ2) is 4.30. The van der Waals surface area contributed by atoms with Crippen molar-refractivity contribution in [2.24, 2.45) is 0 Å². The molecule has 2 rings (SSSR count). The van der Waals surface area contributed by atoms with Crippen LogP contribution in [0.15, 0.2) is 30.5 Å². The van der Waals surface area contributed by atoms with E-state index in [4.69, 9.17) is 4.74 Å². The van der Waals surface area contributed by atoms with Gasteiger partial charge in [-0.05, 0) is 36.2 Å². The van der Waals surface area contributed by atoms with Crippen LogP contribution in [0.1, 0.15) is 18.9 Å². The van der Waals surface area contributed by atoms with E-state index in [1.165, 1.54) is 10.9 Å². The molecule has 1 radical (unpaired) electrons. The summed E-state index contributed by atoms with van der Waals surface area (Å²) in [7, 11) is 3.42. The number of benzene rings is 1. The number of aromatic nitrogens is 1. The van der Waals surface area contributed by atoms with Crippen molar-refractivity contribution in [1.82, 2.24) is 4.98 Å². The third-order valence-electron chi connectivity index (χ3n) is 2.49. The minimum atomic E-state index is 0.785. The highest BCUT2D eigenvalue weighted by Crippen LogP contribution is 2.23. The van der Waals surface area contributed by atoms with Crippen molar-refractivity contribution in [3.05, 3.63) is 43.1 Å². The summed E-state index contributed by atoms with van der Waals surface area (Å²) < 4.78 is 4.98. The lowest BCUT2D eigenvalue weighted by atomic mass is 10.1. The van der Waals surface area contributed by atoms with Crippen molar-refractivity contribution in [3.63, 3.8) is 0 Å². The Hall–Kier alpha value is -1.57. The van der Waals surface area contributed by atoms with Crippen molar-refractivity contribution in [1.29, 1.82) is 0 Å². The van der Waals surface area contributed by atoms with Gasteiger partial charge < -0.3 is 4.74 Å². The van der Waals surface area contributed by atoms with Crippen LogP contribution in [0.2, 0.25) is 0 Å². The molecule has 0 saturated carbocycles. The molecular weight excluding hydrogens is 186 g/mol. The second-order valence-electron chi connectivity index (χ2n) is 3.54. The van der Waals surface area contributed by atoms with Crippen LogP contribution in [-0.4, -0.2) is 4.98 Å². The van der Waals surface area contributed by atoms with Crippen LogP contribution in [0.5, 0.6) is 5.75 Å². The van der Waals surface area contributed by atoms with Gasteiger partial charge in [-0.2, -0.15) is 0 Å². The third kappa shape index (κ3) is 1.94. The Labute approximate surface area is 89.9 Å². The summed E-state index contributed by atoms with van der Waals surface area (Å²) in [5, 5.41) is 1.17. The topological polar surface area (TPSA) is 22.1 Å². The molecule has 0 amide bonds. The Balaban J connectivity index is 2.59. The number of pyridine rings is 1. The van der Waals surface area contributed by atoms with E-state index >= 15 is 0 Å². The van der Waals surface area contributed by atoms with Crippen molar-refractivity contribution >= 4 is 10.9 Å². The van der Waals surface area contributed by atoms with E-state index in [0.29, 0.717) is 0 Å². The molecule has 2 heteroatoms. The molecule has 1 aromatic heterocycles. The average Bonchev–Trinajstić information content (AvgIpc) is 2.29. The largest absolute Gasteiger partial charge is 0.490 e. The highest BCUT2D eigenvalue weighted by Gasteiger charge is 2.02. The zero-order chi connectivity index (χ0) is 10.7. The standard InChI is InChI=1S/C13H14NO/c1-3-4-10-7-8-14-13-6-5-11(15-2)9-12(10)13/h5-9H,2-4H2,1H3. The second-order valence-corrected chi connectivity index (χ2v) is 3.54. The predicted molar refractivity (Wildman–Crippen MR) is 61.7 cm³/mol. The molecule has 0 saturated heterocycles. The first-order valence-corrected chi connectivity index (χ1v) is 5.15. The quantitative estimate of drug-likeness (QED) is 0.758. The number of hydrogen-bond donors (Lipinski definition) is 0. The fourth-order valence-corrected chi connectivity index (χ4v) is 1.76. The monoisotopic (exact) mass is 200 g/mol. The average molecular weight is 200 g/mol. The van der Waals surface area contributed by atoms with Gasteiger partial charge in [0.15, 0.2) is 0 Å². The smallest absolute Gasteiger partial charge is 0.122 e. The normalized spacial score (nSPS) is 10.5. The van der Waals surface area contributed by atoms with E-state index in [2.05, 4.69) is 25.1 Å². The molecule has 0 atom stereocenters. The van der Waals surface area contributed by atoms with Gasteiger partial charge in [0.25, 0.3) is 0 Å². The molecule has 77 valence electrons. The van der Waals surface area contributed by atoms with Gasteiger partial charge in [-0.15, -0.1) is 0 Å². The zero-order valence-corrected chi connectivity index (χ0v) is 8.86. The number of nitrogens with zero attached hydrogens (tertiary/aromatic N) is 1. The highest BCUT2D eigenvalue weighted by atomic mass is 16.5. The SMILES string of the molecule is [CH2]Oc1ccc2nccc(CCC)c2c1. The van der Waals surface area contributed by atoms with Crippen molar-refractivity contribution in [2.75, 3.05) is 0 Å². The molecule has 0 spiro atoms. The van der Waals surface area contributed by atoms with Gasteiger partial charge in [-0.25, -0.2) is 0 Å². The van der Waals surface area contributed by atoms with E-state index in [1.54, 1.807) is 0 Å². The molecule has 0 fully saturated rings. The van der Waals surface area contributed by atoms with Gasteiger partial charge in [-0.3, -0.25) is 4.98 Å². The highest BCUT2D eigenvalue weighted by molar-refractivity contribution is 5.83. The molecule has 2 aromatic rings. The Kier molecular flexibility index (Phi) is 2.86. The van der Waals surface area contributed by atoms with Crippen LogP contribution in [-0.2, 0) is 6.42 Å². The third-order valence-corrected chi connectivity index (χ3v) is 2.49. The van der Waals surface area contributed by atoms with E-state index in [-0.39, 0.29) is 0 Å². The zero-order valence-electron chi connectivity index (χ0n) is 8.86. The lowest BCUT2D eigenvalue weighted by Crippen LogP contribution is -1.89. The van der Waals surface area contributed by atoms with Gasteiger partial charge in [0.2, 0.25) is 0 Å². The number of hydrogen-bond acceptors (Lipinski definition) is 2. The summed E-state index contributed by atoms with van der Waals surface area (Å²) in [6, 6.07) is 7.92. The Morgan fingerprint density at radius 1 is 1.33 bits per heavy atom. The molecule has 0 unspecified atom stereocenters. The number of fused-ring (bicyclic) bond motifs is 1. The Morgan fingerprint density at radius 2 is 2.20 bits per heavy atom. The predicted octanol–water partition coefficient (Wildman–Crippen LogP) is 3.36. The molecule has 1 aromatic carbocycles. The molecular formula is C13H14NO. The summed E-state index contributed by atoms with van der Waals surface area (Å²) in [5.74, 6) is 0.785. The molecule has 0 bridgehead atoms. The molecule has 0 aliphatic rings. The molecule has 2 nitrogen and oxygen atoms in total. The lowest BCUT2D eigenvalue weighted by molar-refractivity contribution is 0.473. The summed E-state index contributed by atoms with van der Waals surface area (Å²) >= 11 is 0. The summed E-state index contributed by atoms with van der Waals surface area (Å²) in [4.78, 5) is 4.32. The first kappa shape index (κ1) is 9.97. The van der Waals surface area contributed by atoms with Crippen LogP contribution in [0.4, 0.5) is 0 Å². The summed E-state index contributed by atoms with van der Waals surface area (Å²) in [6.45, 7) is 2.17. The van der Waals surface area contributed by atoms with Crippen LogP contribution < -0.4 is 4.74 Å². The summed E-state index contributed by atoms with van der Waals surface area (Å²) in [6.07, 6.45) is 4.06. The lowest BCUT2D eigenvalue weighted by Gasteiger charge is -2.06. The van der Waals surface area contributed by atoms with Gasteiger partial charge in [0.1, 0.15) is 12.9 Å². The maximum Gasteiger partial charge on any atom is 0.122 e. The maximum atomic E-state index is 4.98. The maximum absolute atomic E-state index is 4.98. The van der Waals surface area contributed by atoms with Gasteiger partial charge >= 0.3 is 0 Å². The van der Waals surface area contributed by atoms with Crippen LogP contribution in [0, 0.1) is 7.11 Å². The Morgan fingerprint density at radius 3 is 2.93 bits per heavy atom. The molecule has 15 heavy (non-hydrogen) atoms. The minimum Gasteiger partial charge on any atom is -0.490 e. The van der Waals surface area contributed by atoms with E-state index < -0.39 is 0 Å². The minimum absolute atomic E-state index is 0.785. The number of ether oxygens (including phenoxy) is 1. The van der Waals surface area contributed by atoms with E-state index in [0.717, 1.165) is 24.1 Å². The molecule has 1 heterocycles. The molecule has 0 aliphatic heterocycles. The molecule has 0 N–H and O–H groups in total. The molecule has 0 aliphatic carbocycles. The van der Waals surface area contributed by atoms with Gasteiger partial charge in [-0.1, -0.05) is 13.3 Å². The van der Waals surface area contributed by atoms with Crippen LogP contribution in [0.25, 0.3) is 10.9 Å². The fourth-order valence-electron chi connectivity index (χ4n) is 1.76. The van der Waals surface area contributed by atoms with Gasteiger partial charge in [0.05, 0.1) is 5.52 Å². The van der Waals surface area contributed by atoms with Crippen molar-refractivity contribution in [2.45, 2.75) is 19.8 Å². The fraction of sp³-hybridized carbons (Fsp3) is 0.231. The van der Waals surface area contributed by atoms with E-state index in [1.807, 2.05) is 24.4 Å². The first-order valence-electron chi connectivity index (χ1n) is 5.15. The van der Waals surface area contributed by atoms with Crippen molar-refractivity contribution < 1.29 is 4.74 Å². The number of rotatable bonds is 3. The van der Waals surface area contributed by atoms with Gasteiger partial charge in [0, 0.05) is 11.6 Å². The number of aryl methyl sites for hydroxylation is 1. The first-order chi connectivity index (χ1) is 7.35. The van der Waals surface area contributed by atoms with Crippen molar-refractivity contribution in [3.8, 4) is 5.75 Å². The van der Waals surface area contributed by atoms with Crippen LogP contribution >= 0.6 is 0 Å². The van der Waals surface area contributed by atoms with Crippen LogP contribution in [0.3, 0.4) is 0 Å². The summed E-state index contributed by atoms with van der Waals surface area (Å²) in [5.41, 5.74) is 2.34. The Bertz CT molecular complexity index is 465.